The first-order chi connectivity index (χ1) is 19.6. The van der Waals surface area contributed by atoms with Crippen molar-refractivity contribution in [2.75, 3.05) is 30.3 Å². The molecule has 0 spiro atoms. The van der Waals surface area contributed by atoms with Gasteiger partial charge in [0.05, 0.1) is 16.9 Å². The molecule has 41 heavy (non-hydrogen) atoms. The third-order valence-electron chi connectivity index (χ3n) is 8.48. The summed E-state index contributed by atoms with van der Waals surface area (Å²) in [6, 6.07) is 13.4. The van der Waals surface area contributed by atoms with Crippen LogP contribution < -0.4 is 16.4 Å². The van der Waals surface area contributed by atoms with Gasteiger partial charge in [-0.05, 0) is 59.2 Å². The Hall–Kier alpha value is -4.15. The Balaban J connectivity index is 1.22. The Kier molecular flexibility index (Phi) is 6.62. The standard InChI is InChI=1S/C30H26ClF3N6O/c31-21-9-15(16-10-23(33)28(41)24(34)11-16)5-6-17(21)26(36)27-29(37)39-25(12-38-27)40-8-7-18-20(13-40)30(18,14-35)19-3-1-2-4-22(19)32/h1-6,9-12,18,20,36,41H,7-8,13-14,35H2,(H2,37,39)/t18-,20+,30-/m1/s1. The highest BCUT2D eigenvalue weighted by molar-refractivity contribution is 6.35. The molecule has 0 bridgehead atoms. The minimum absolute atomic E-state index is 0.0485. The predicted molar refractivity (Wildman–Crippen MR) is 152 cm³/mol. The average molecular weight is 579 g/mol. The van der Waals surface area contributed by atoms with Crippen molar-refractivity contribution in [2.45, 2.75) is 11.8 Å². The first-order valence-corrected chi connectivity index (χ1v) is 13.4. The summed E-state index contributed by atoms with van der Waals surface area (Å²) in [4.78, 5) is 11.0. The van der Waals surface area contributed by atoms with Gasteiger partial charge < -0.3 is 21.5 Å². The molecule has 3 atom stereocenters. The van der Waals surface area contributed by atoms with Gasteiger partial charge in [-0.1, -0.05) is 41.9 Å². The van der Waals surface area contributed by atoms with Gasteiger partial charge in [-0.25, -0.2) is 23.1 Å². The topological polar surface area (TPSA) is 125 Å². The zero-order valence-electron chi connectivity index (χ0n) is 21.7. The normalized spacial score (nSPS) is 21.4. The lowest BCUT2D eigenvalue weighted by Crippen LogP contribution is -2.33. The van der Waals surface area contributed by atoms with Gasteiger partial charge in [0, 0.05) is 30.6 Å². The smallest absolute Gasteiger partial charge is 0.187 e. The summed E-state index contributed by atoms with van der Waals surface area (Å²) in [5.41, 5.74) is 13.7. The highest BCUT2D eigenvalue weighted by Gasteiger charge is 2.66. The van der Waals surface area contributed by atoms with Gasteiger partial charge in [-0.15, -0.1) is 0 Å². The zero-order valence-corrected chi connectivity index (χ0v) is 22.5. The van der Waals surface area contributed by atoms with Gasteiger partial charge in [-0.2, -0.15) is 0 Å². The molecule has 1 saturated carbocycles. The van der Waals surface area contributed by atoms with Crippen LogP contribution in [0.3, 0.4) is 0 Å². The van der Waals surface area contributed by atoms with Gasteiger partial charge in [0.2, 0.25) is 0 Å². The molecule has 210 valence electrons. The number of nitrogens with two attached hydrogens (primary N) is 2. The number of nitrogens with zero attached hydrogens (tertiary/aromatic N) is 3. The van der Waals surface area contributed by atoms with E-state index in [9.17, 15) is 18.3 Å². The maximum absolute atomic E-state index is 14.7. The van der Waals surface area contributed by atoms with Crippen molar-refractivity contribution in [1.29, 1.82) is 5.41 Å². The number of phenolic OH excluding ortho intramolecular Hbond substituents is 1. The largest absolute Gasteiger partial charge is 0.503 e. The summed E-state index contributed by atoms with van der Waals surface area (Å²) >= 11 is 6.45. The number of piperidine rings is 1. The third-order valence-corrected chi connectivity index (χ3v) is 8.79. The number of rotatable bonds is 6. The molecule has 3 aromatic carbocycles. The molecule has 0 unspecified atom stereocenters. The fourth-order valence-corrected chi connectivity index (χ4v) is 6.61. The first kappa shape index (κ1) is 27.0. The first-order valence-electron chi connectivity index (χ1n) is 13.1. The average Bonchev–Trinajstić information content (AvgIpc) is 3.62. The van der Waals surface area contributed by atoms with Crippen LogP contribution in [0.1, 0.15) is 23.2 Å². The fourth-order valence-electron chi connectivity index (χ4n) is 6.33. The van der Waals surface area contributed by atoms with Gasteiger partial charge in [-0.3, -0.25) is 5.41 Å². The number of aromatic nitrogens is 2. The molecule has 1 aliphatic heterocycles. The van der Waals surface area contributed by atoms with Crippen molar-refractivity contribution < 1.29 is 18.3 Å². The second-order valence-electron chi connectivity index (χ2n) is 10.5. The number of hydrogen-bond acceptors (Lipinski definition) is 7. The van der Waals surface area contributed by atoms with Crippen LogP contribution in [0, 0.1) is 34.7 Å². The Labute approximate surface area is 239 Å². The molecule has 0 radical (unpaired) electrons. The van der Waals surface area contributed by atoms with Gasteiger partial charge in [0.1, 0.15) is 17.3 Å². The van der Waals surface area contributed by atoms with Crippen LogP contribution in [-0.2, 0) is 5.41 Å². The number of aromatic hydroxyl groups is 1. The molecular formula is C30H26ClF3N6O. The van der Waals surface area contributed by atoms with E-state index >= 15 is 0 Å². The lowest BCUT2D eigenvalue weighted by Gasteiger charge is -2.27. The van der Waals surface area contributed by atoms with Crippen molar-refractivity contribution in [3.05, 3.63) is 100 Å². The van der Waals surface area contributed by atoms with Crippen LogP contribution in [0.25, 0.3) is 11.1 Å². The van der Waals surface area contributed by atoms with Crippen molar-refractivity contribution in [1.82, 2.24) is 9.97 Å². The summed E-state index contributed by atoms with van der Waals surface area (Å²) in [6.07, 6.45) is 2.38. The van der Waals surface area contributed by atoms with E-state index in [0.717, 1.165) is 18.6 Å². The van der Waals surface area contributed by atoms with E-state index in [1.54, 1.807) is 18.3 Å². The van der Waals surface area contributed by atoms with E-state index in [1.165, 1.54) is 18.2 Å². The highest BCUT2D eigenvalue weighted by Crippen LogP contribution is 2.63. The Bertz CT molecular complexity index is 1680. The second kappa shape index (κ2) is 10.0. The number of benzene rings is 3. The molecular weight excluding hydrogens is 553 g/mol. The summed E-state index contributed by atoms with van der Waals surface area (Å²) in [6.45, 7) is 1.68. The predicted octanol–water partition coefficient (Wildman–Crippen LogP) is 5.27. The number of anilines is 2. The number of nitrogens with one attached hydrogen (secondary N) is 1. The molecule has 2 aliphatic rings. The number of hydrogen-bond donors (Lipinski definition) is 4. The lowest BCUT2D eigenvalue weighted by molar-refractivity contribution is 0.396. The van der Waals surface area contributed by atoms with Crippen molar-refractivity contribution in [3.8, 4) is 16.9 Å². The minimum atomic E-state index is -1.09. The molecule has 2 heterocycles. The van der Waals surface area contributed by atoms with Gasteiger partial charge in [0.25, 0.3) is 0 Å². The van der Waals surface area contributed by atoms with Gasteiger partial charge >= 0.3 is 0 Å². The molecule has 1 aromatic heterocycles. The molecule has 6 rings (SSSR count). The Morgan fingerprint density at radius 1 is 1.05 bits per heavy atom. The minimum Gasteiger partial charge on any atom is -0.503 e. The number of fused-ring (bicyclic) bond motifs is 1. The van der Waals surface area contributed by atoms with Crippen molar-refractivity contribution in [2.24, 2.45) is 17.6 Å². The number of halogens is 4. The van der Waals surface area contributed by atoms with Crippen LogP contribution in [0.4, 0.5) is 24.8 Å². The molecule has 1 aliphatic carbocycles. The van der Waals surface area contributed by atoms with Crippen LogP contribution in [0.2, 0.25) is 5.02 Å². The van der Waals surface area contributed by atoms with Crippen molar-refractivity contribution in [3.63, 3.8) is 0 Å². The maximum Gasteiger partial charge on any atom is 0.187 e. The molecule has 0 amide bonds. The van der Waals surface area contributed by atoms with E-state index in [1.807, 2.05) is 12.1 Å². The van der Waals surface area contributed by atoms with Crippen LogP contribution in [0.5, 0.6) is 5.75 Å². The molecule has 6 N–H and O–H groups in total. The molecule has 11 heteroatoms. The third kappa shape index (κ3) is 4.38. The molecule has 4 aromatic rings. The second-order valence-corrected chi connectivity index (χ2v) is 10.9. The monoisotopic (exact) mass is 578 g/mol. The van der Waals surface area contributed by atoms with Crippen LogP contribution in [-0.4, -0.2) is 40.4 Å². The molecule has 7 nitrogen and oxygen atoms in total. The van der Waals surface area contributed by atoms with Crippen LogP contribution >= 0.6 is 11.6 Å². The van der Waals surface area contributed by atoms with Crippen molar-refractivity contribution >= 4 is 28.9 Å². The maximum atomic E-state index is 14.7. The molecule has 1 saturated heterocycles. The molecule has 2 fully saturated rings. The van der Waals surface area contributed by atoms with Crippen LogP contribution in [0.15, 0.2) is 60.8 Å². The summed E-state index contributed by atoms with van der Waals surface area (Å²) in [5.74, 6) is -2.41. The zero-order chi connectivity index (χ0) is 29.1. The van der Waals surface area contributed by atoms with E-state index < -0.39 is 22.8 Å². The quantitative estimate of drug-likeness (QED) is 0.231. The fraction of sp³-hybridized carbons (Fsp3) is 0.233. The van der Waals surface area contributed by atoms with E-state index in [0.29, 0.717) is 42.1 Å². The number of phenols is 1. The van der Waals surface area contributed by atoms with E-state index in [2.05, 4.69) is 14.9 Å². The Morgan fingerprint density at radius 2 is 1.78 bits per heavy atom. The lowest BCUT2D eigenvalue weighted by atomic mass is 9.91. The summed E-state index contributed by atoms with van der Waals surface area (Å²) < 4.78 is 42.4. The number of nitrogen functional groups attached to an aromatic ring is 1. The highest BCUT2D eigenvalue weighted by atomic mass is 35.5. The Morgan fingerprint density at radius 3 is 2.44 bits per heavy atom. The van der Waals surface area contributed by atoms with E-state index in [-0.39, 0.29) is 45.5 Å². The summed E-state index contributed by atoms with van der Waals surface area (Å²) in [5, 5.41) is 18.2. The van der Waals surface area contributed by atoms with E-state index in [4.69, 9.17) is 28.5 Å². The summed E-state index contributed by atoms with van der Waals surface area (Å²) in [7, 11) is 0. The SMILES string of the molecule is N=C(c1ccc(-c2cc(F)c(O)c(F)c2)cc1Cl)c1ncc(N2CC[C@@H]3[C@H](C2)[C@@]3(CN)c2ccccc2F)nc1N. The van der Waals surface area contributed by atoms with Gasteiger partial charge in [0.15, 0.2) is 23.2 Å².